The molecule has 150 valence electrons. The Balaban J connectivity index is 1.42. The van der Waals surface area contributed by atoms with Gasteiger partial charge in [0.1, 0.15) is 12.4 Å². The number of carbonyl (C=O) groups excluding carboxylic acids is 1. The summed E-state index contributed by atoms with van der Waals surface area (Å²) < 4.78 is 5.55. The van der Waals surface area contributed by atoms with Crippen LogP contribution in [0.4, 0.5) is 0 Å². The lowest BCUT2D eigenvalue weighted by molar-refractivity contribution is 0.0842. The number of amides is 1. The van der Waals surface area contributed by atoms with E-state index in [9.17, 15) is 9.90 Å². The van der Waals surface area contributed by atoms with E-state index in [1.807, 2.05) is 7.05 Å². The van der Waals surface area contributed by atoms with Gasteiger partial charge in [0.15, 0.2) is 0 Å². The Morgan fingerprint density at radius 1 is 1.18 bits per heavy atom. The van der Waals surface area contributed by atoms with Gasteiger partial charge in [0, 0.05) is 38.3 Å². The van der Waals surface area contributed by atoms with Gasteiger partial charge in [-0.25, -0.2) is 0 Å². The van der Waals surface area contributed by atoms with Crippen molar-refractivity contribution in [3.05, 3.63) is 65.2 Å². The quantitative estimate of drug-likeness (QED) is 0.572. The lowest BCUT2D eigenvalue weighted by Crippen LogP contribution is -2.42. The lowest BCUT2D eigenvalue weighted by atomic mass is 10.00. The Morgan fingerprint density at radius 3 is 2.68 bits per heavy atom. The molecule has 0 fully saturated rings. The molecule has 0 saturated carbocycles. The van der Waals surface area contributed by atoms with Crippen molar-refractivity contribution >= 4 is 5.91 Å². The van der Waals surface area contributed by atoms with Gasteiger partial charge in [-0.1, -0.05) is 24.3 Å². The van der Waals surface area contributed by atoms with E-state index in [0.29, 0.717) is 18.7 Å². The molecule has 1 atom stereocenters. The SMILES string of the molecule is CNCCOc1ccc(C(=O)NC[C@H](O)CN2CCc3ccccc3C2)cc1. The van der Waals surface area contributed by atoms with Crippen molar-refractivity contribution in [1.82, 2.24) is 15.5 Å². The van der Waals surface area contributed by atoms with E-state index in [1.165, 1.54) is 11.1 Å². The van der Waals surface area contributed by atoms with Gasteiger partial charge in [-0.3, -0.25) is 9.69 Å². The molecule has 6 nitrogen and oxygen atoms in total. The van der Waals surface area contributed by atoms with Crippen LogP contribution >= 0.6 is 0 Å². The van der Waals surface area contributed by atoms with Crippen molar-refractivity contribution < 1.29 is 14.6 Å². The minimum absolute atomic E-state index is 0.190. The van der Waals surface area contributed by atoms with Crippen LogP contribution in [0.5, 0.6) is 5.75 Å². The van der Waals surface area contributed by atoms with Crippen LogP contribution in [0, 0.1) is 0 Å². The van der Waals surface area contributed by atoms with Crippen molar-refractivity contribution in [3.63, 3.8) is 0 Å². The fourth-order valence-electron chi connectivity index (χ4n) is 3.36. The minimum Gasteiger partial charge on any atom is -0.492 e. The molecule has 3 N–H and O–H groups in total. The second-order valence-corrected chi connectivity index (χ2v) is 7.09. The molecule has 1 aliphatic rings. The smallest absolute Gasteiger partial charge is 0.251 e. The number of carbonyl (C=O) groups is 1. The van der Waals surface area contributed by atoms with Gasteiger partial charge in [-0.15, -0.1) is 0 Å². The van der Waals surface area contributed by atoms with Crippen LogP contribution < -0.4 is 15.4 Å². The molecule has 2 aromatic rings. The summed E-state index contributed by atoms with van der Waals surface area (Å²) in [6, 6.07) is 15.5. The summed E-state index contributed by atoms with van der Waals surface area (Å²) >= 11 is 0. The first-order valence-corrected chi connectivity index (χ1v) is 9.78. The summed E-state index contributed by atoms with van der Waals surface area (Å²) in [7, 11) is 1.87. The van der Waals surface area contributed by atoms with E-state index in [2.05, 4.69) is 39.8 Å². The fourth-order valence-corrected chi connectivity index (χ4v) is 3.36. The predicted octanol–water partition coefficient (Wildman–Crippen LogP) is 1.43. The number of aliphatic hydroxyl groups is 1. The number of rotatable bonds is 9. The monoisotopic (exact) mass is 383 g/mol. The van der Waals surface area contributed by atoms with Gasteiger partial charge in [0.2, 0.25) is 0 Å². The van der Waals surface area contributed by atoms with Gasteiger partial charge in [-0.05, 0) is 48.9 Å². The third kappa shape index (κ3) is 5.79. The summed E-state index contributed by atoms with van der Waals surface area (Å²) in [6.45, 7) is 3.90. The average molecular weight is 383 g/mol. The zero-order chi connectivity index (χ0) is 19.8. The van der Waals surface area contributed by atoms with Crippen molar-refractivity contribution in [3.8, 4) is 5.75 Å². The van der Waals surface area contributed by atoms with Crippen LogP contribution in [0.15, 0.2) is 48.5 Å². The van der Waals surface area contributed by atoms with Crippen LogP contribution in [0.2, 0.25) is 0 Å². The van der Waals surface area contributed by atoms with Crippen LogP contribution in [0.25, 0.3) is 0 Å². The van der Waals surface area contributed by atoms with E-state index >= 15 is 0 Å². The van der Waals surface area contributed by atoms with Gasteiger partial charge in [0.05, 0.1) is 6.10 Å². The molecule has 0 unspecified atom stereocenters. The molecule has 0 aliphatic carbocycles. The normalized spacial score (nSPS) is 14.9. The first kappa shape index (κ1) is 20.3. The molecule has 0 spiro atoms. The fraction of sp³-hybridized carbons (Fsp3) is 0.409. The van der Waals surface area contributed by atoms with Crippen molar-refractivity contribution in [1.29, 1.82) is 0 Å². The third-order valence-corrected chi connectivity index (χ3v) is 4.91. The van der Waals surface area contributed by atoms with Gasteiger partial charge < -0.3 is 20.5 Å². The number of fused-ring (bicyclic) bond motifs is 1. The molecule has 0 radical (unpaired) electrons. The Bertz CT molecular complexity index is 764. The molecule has 0 saturated heterocycles. The zero-order valence-corrected chi connectivity index (χ0v) is 16.4. The van der Waals surface area contributed by atoms with Crippen LogP contribution in [-0.2, 0) is 13.0 Å². The highest BCUT2D eigenvalue weighted by Crippen LogP contribution is 2.18. The highest BCUT2D eigenvalue weighted by Gasteiger charge is 2.18. The summed E-state index contributed by atoms with van der Waals surface area (Å²) in [5, 5.41) is 16.2. The van der Waals surface area contributed by atoms with Gasteiger partial charge in [0.25, 0.3) is 5.91 Å². The number of ether oxygens (including phenoxy) is 1. The summed E-state index contributed by atoms with van der Waals surface area (Å²) in [5.74, 6) is 0.544. The molecule has 2 aromatic carbocycles. The summed E-state index contributed by atoms with van der Waals surface area (Å²) in [6.07, 6.45) is 0.399. The first-order chi connectivity index (χ1) is 13.7. The Hall–Kier alpha value is -2.41. The van der Waals surface area contributed by atoms with E-state index < -0.39 is 6.10 Å². The molecule has 28 heavy (non-hydrogen) atoms. The van der Waals surface area contributed by atoms with E-state index in [-0.39, 0.29) is 12.5 Å². The van der Waals surface area contributed by atoms with Crippen molar-refractivity contribution in [2.75, 3.05) is 39.8 Å². The molecule has 1 aliphatic heterocycles. The second-order valence-electron chi connectivity index (χ2n) is 7.09. The Labute approximate surface area is 166 Å². The maximum atomic E-state index is 12.3. The summed E-state index contributed by atoms with van der Waals surface area (Å²) in [5.41, 5.74) is 3.27. The maximum absolute atomic E-state index is 12.3. The Morgan fingerprint density at radius 2 is 1.93 bits per heavy atom. The molecule has 3 rings (SSSR count). The number of benzene rings is 2. The molecular weight excluding hydrogens is 354 g/mol. The van der Waals surface area contributed by atoms with Crippen LogP contribution in [0.3, 0.4) is 0 Å². The topological polar surface area (TPSA) is 73.8 Å². The number of nitrogens with zero attached hydrogens (tertiary/aromatic N) is 1. The van der Waals surface area contributed by atoms with Gasteiger partial charge >= 0.3 is 0 Å². The average Bonchev–Trinajstić information content (AvgIpc) is 2.72. The molecule has 0 bridgehead atoms. The highest BCUT2D eigenvalue weighted by atomic mass is 16.5. The predicted molar refractivity (Wildman–Crippen MR) is 110 cm³/mol. The Kier molecular flexibility index (Phi) is 7.42. The number of β-amino-alcohol motifs (C(OH)–C–C–N with tert-alkyl or cyclic N) is 1. The number of likely N-dealkylation sites (N-methyl/N-ethyl adjacent to an activating group) is 1. The lowest BCUT2D eigenvalue weighted by Gasteiger charge is -2.30. The number of nitrogens with one attached hydrogen (secondary N) is 2. The number of hydrogen-bond donors (Lipinski definition) is 3. The van der Waals surface area contributed by atoms with E-state index in [1.54, 1.807) is 24.3 Å². The molecular formula is C22H29N3O3. The minimum atomic E-state index is -0.599. The summed E-state index contributed by atoms with van der Waals surface area (Å²) in [4.78, 5) is 14.5. The standard InChI is InChI=1S/C22H29N3O3/c1-23-11-13-28-21-8-6-18(7-9-21)22(27)24-14-20(26)16-25-12-10-17-4-2-3-5-19(17)15-25/h2-9,20,23,26H,10-16H2,1H3,(H,24,27)/t20-/m0/s1. The maximum Gasteiger partial charge on any atom is 0.251 e. The molecule has 6 heteroatoms. The first-order valence-electron chi connectivity index (χ1n) is 9.78. The molecule has 1 amide bonds. The molecule has 1 heterocycles. The third-order valence-electron chi connectivity index (χ3n) is 4.91. The zero-order valence-electron chi connectivity index (χ0n) is 16.4. The van der Waals surface area contributed by atoms with Crippen LogP contribution in [-0.4, -0.2) is 61.9 Å². The van der Waals surface area contributed by atoms with Crippen LogP contribution in [0.1, 0.15) is 21.5 Å². The number of hydrogen-bond acceptors (Lipinski definition) is 5. The molecule has 0 aromatic heterocycles. The largest absolute Gasteiger partial charge is 0.492 e. The van der Waals surface area contributed by atoms with E-state index in [4.69, 9.17) is 4.74 Å². The van der Waals surface area contributed by atoms with Crippen molar-refractivity contribution in [2.24, 2.45) is 0 Å². The second kappa shape index (κ2) is 10.2. The number of aliphatic hydroxyl groups excluding tert-OH is 1. The van der Waals surface area contributed by atoms with Crippen molar-refractivity contribution in [2.45, 2.75) is 19.1 Å². The highest BCUT2D eigenvalue weighted by molar-refractivity contribution is 5.94. The van der Waals surface area contributed by atoms with Gasteiger partial charge in [-0.2, -0.15) is 0 Å². The van der Waals surface area contributed by atoms with E-state index in [0.717, 1.165) is 31.8 Å².